The Hall–Kier alpha value is -2.91. The van der Waals surface area contributed by atoms with Crippen LogP contribution in [0.2, 0.25) is 0 Å². The minimum absolute atomic E-state index is 0.124. The number of aliphatic hydroxyl groups excluding tert-OH is 1. The van der Waals surface area contributed by atoms with E-state index in [1.54, 1.807) is 0 Å². The molecule has 1 aromatic carbocycles. The largest absolute Gasteiger partial charge is 0.466 e. The van der Waals surface area contributed by atoms with Gasteiger partial charge in [0, 0.05) is 11.6 Å². The van der Waals surface area contributed by atoms with Crippen molar-refractivity contribution < 1.29 is 38.8 Å². The van der Waals surface area contributed by atoms with Crippen LogP contribution in [0, 0.1) is 11.8 Å². The van der Waals surface area contributed by atoms with Crippen molar-refractivity contribution in [3.8, 4) is 0 Å². The van der Waals surface area contributed by atoms with Gasteiger partial charge in [-0.15, -0.1) is 0 Å². The van der Waals surface area contributed by atoms with Crippen LogP contribution in [0.4, 0.5) is 5.69 Å². The van der Waals surface area contributed by atoms with Crippen LogP contribution in [0.5, 0.6) is 0 Å². The van der Waals surface area contributed by atoms with Gasteiger partial charge in [0.15, 0.2) is 6.10 Å². The highest BCUT2D eigenvalue weighted by molar-refractivity contribution is 5.93. The lowest BCUT2D eigenvalue weighted by Crippen LogP contribution is -2.48. The Balaban J connectivity index is 1.92. The molecule has 3 rings (SSSR count). The quantitative estimate of drug-likeness (QED) is 0.369. The zero-order valence-electron chi connectivity index (χ0n) is 14.6. The van der Waals surface area contributed by atoms with Gasteiger partial charge >= 0.3 is 17.9 Å². The summed E-state index contributed by atoms with van der Waals surface area (Å²) in [5.74, 6) is -4.94. The summed E-state index contributed by atoms with van der Waals surface area (Å²) in [5, 5.41) is 21.5. The minimum atomic E-state index is -1.97. The van der Waals surface area contributed by atoms with Gasteiger partial charge in [-0.25, -0.2) is 9.59 Å². The molecule has 1 aliphatic heterocycles. The molecule has 27 heavy (non-hydrogen) atoms. The van der Waals surface area contributed by atoms with Crippen LogP contribution < -0.4 is 5.73 Å². The molecule has 1 aliphatic carbocycles. The van der Waals surface area contributed by atoms with Crippen molar-refractivity contribution in [2.24, 2.45) is 11.8 Å². The maximum atomic E-state index is 12.4. The van der Waals surface area contributed by atoms with Crippen molar-refractivity contribution in [2.75, 3.05) is 12.8 Å². The molecule has 1 heterocycles. The summed E-state index contributed by atoms with van der Waals surface area (Å²) in [6.07, 6.45) is -2.11. The van der Waals surface area contributed by atoms with E-state index in [-0.39, 0.29) is 11.1 Å². The highest BCUT2D eigenvalue weighted by Crippen LogP contribution is 2.48. The lowest BCUT2D eigenvalue weighted by Gasteiger charge is -2.31. The zero-order valence-corrected chi connectivity index (χ0v) is 14.6. The number of fused-ring (bicyclic) bond motifs is 1. The van der Waals surface area contributed by atoms with Gasteiger partial charge in [0.1, 0.15) is 18.0 Å². The summed E-state index contributed by atoms with van der Waals surface area (Å²) >= 11 is 0. The Morgan fingerprint density at radius 3 is 2.44 bits per heavy atom. The number of benzene rings is 1. The van der Waals surface area contributed by atoms with E-state index in [0.29, 0.717) is 5.69 Å². The number of anilines is 1. The lowest BCUT2D eigenvalue weighted by atomic mass is 9.81. The molecule has 4 N–H and O–H groups in total. The van der Waals surface area contributed by atoms with Crippen LogP contribution in [0.25, 0.3) is 0 Å². The number of cyclic esters (lactones) is 1. The number of nitrogen functional groups attached to an aromatic ring is 1. The van der Waals surface area contributed by atoms with Gasteiger partial charge in [-0.1, -0.05) is 0 Å². The second kappa shape index (κ2) is 6.67. The number of methoxy groups -OCH3 is 1. The van der Waals surface area contributed by atoms with E-state index >= 15 is 0 Å². The number of hydrogen-bond donors (Lipinski definition) is 3. The summed E-state index contributed by atoms with van der Waals surface area (Å²) in [7, 11) is 1.13. The SMILES string of the molecule is COC(=O)C1=COC(=O)[C@H]2[C@@H]1[C@H](O)[C@H](OC(=O)c1ccc(N)cc1)[C@]2(C)O. The third-order valence-corrected chi connectivity index (χ3v) is 4.96. The Kier molecular flexibility index (Phi) is 4.66. The average Bonchev–Trinajstić information content (AvgIpc) is 2.83. The normalized spacial score (nSPS) is 32.1. The minimum Gasteiger partial charge on any atom is -0.466 e. The van der Waals surface area contributed by atoms with Crippen molar-refractivity contribution >= 4 is 23.6 Å². The fourth-order valence-corrected chi connectivity index (χ4v) is 3.59. The molecular weight excluding hydrogens is 358 g/mol. The number of carbonyl (C=O) groups is 3. The monoisotopic (exact) mass is 377 g/mol. The lowest BCUT2D eigenvalue weighted by molar-refractivity contribution is -0.159. The van der Waals surface area contributed by atoms with Gasteiger partial charge in [0.2, 0.25) is 0 Å². The van der Waals surface area contributed by atoms with Crippen LogP contribution in [0.1, 0.15) is 17.3 Å². The molecular formula is C18H19NO8. The maximum absolute atomic E-state index is 12.4. The first kappa shape index (κ1) is 18.9. The number of hydrogen-bond acceptors (Lipinski definition) is 9. The summed E-state index contributed by atoms with van der Waals surface area (Å²) in [5.41, 5.74) is 4.07. The Bertz CT molecular complexity index is 813. The fourth-order valence-electron chi connectivity index (χ4n) is 3.59. The van der Waals surface area contributed by atoms with E-state index in [2.05, 4.69) is 4.74 Å². The summed E-state index contributed by atoms with van der Waals surface area (Å²) in [4.78, 5) is 36.5. The van der Waals surface area contributed by atoms with E-state index < -0.39 is 47.6 Å². The molecule has 1 fully saturated rings. The standard InChI is InChI=1S/C18H19NO8/c1-18(24)12-11(10(16(22)25-2)7-26-17(12)23)13(20)14(18)27-15(21)8-3-5-9(19)6-4-8/h3-7,11-14,20,24H,19H2,1-2H3/t11-,12-,13+,14+,18-/m1/s1. The number of aliphatic hydroxyl groups is 2. The molecule has 0 saturated heterocycles. The third kappa shape index (κ3) is 3.04. The molecule has 0 bridgehead atoms. The van der Waals surface area contributed by atoms with E-state index in [1.807, 2.05) is 0 Å². The predicted molar refractivity (Wildman–Crippen MR) is 89.9 cm³/mol. The Morgan fingerprint density at radius 1 is 1.22 bits per heavy atom. The zero-order chi connectivity index (χ0) is 19.9. The van der Waals surface area contributed by atoms with E-state index in [1.165, 1.54) is 31.2 Å². The van der Waals surface area contributed by atoms with Gasteiger partial charge in [0.05, 0.1) is 24.2 Å². The Morgan fingerprint density at radius 2 is 1.85 bits per heavy atom. The van der Waals surface area contributed by atoms with Crippen LogP contribution in [-0.2, 0) is 23.8 Å². The summed E-state index contributed by atoms with van der Waals surface area (Å²) < 4.78 is 14.8. The number of nitrogens with two attached hydrogens (primary N) is 1. The van der Waals surface area contributed by atoms with E-state index in [4.69, 9.17) is 15.2 Å². The number of rotatable bonds is 3. The van der Waals surface area contributed by atoms with Gasteiger partial charge in [-0.3, -0.25) is 4.79 Å². The van der Waals surface area contributed by atoms with Crippen molar-refractivity contribution in [1.29, 1.82) is 0 Å². The summed E-state index contributed by atoms with van der Waals surface area (Å²) in [6, 6.07) is 5.84. The van der Waals surface area contributed by atoms with Crippen LogP contribution in [0.3, 0.4) is 0 Å². The van der Waals surface area contributed by atoms with Crippen molar-refractivity contribution in [1.82, 2.24) is 0 Å². The second-order valence-corrected chi connectivity index (χ2v) is 6.67. The fraction of sp³-hybridized carbons (Fsp3) is 0.389. The Labute approximate surface area is 154 Å². The molecule has 9 heteroatoms. The molecule has 144 valence electrons. The molecule has 0 aromatic heterocycles. The average molecular weight is 377 g/mol. The molecule has 1 saturated carbocycles. The molecule has 2 aliphatic rings. The van der Waals surface area contributed by atoms with Gasteiger partial charge in [-0.2, -0.15) is 0 Å². The van der Waals surface area contributed by atoms with E-state index in [9.17, 15) is 24.6 Å². The predicted octanol–water partition coefficient (Wildman–Crippen LogP) is -0.234. The summed E-state index contributed by atoms with van der Waals surface area (Å²) in [6.45, 7) is 1.24. The molecule has 1 aromatic rings. The number of ether oxygens (including phenoxy) is 3. The van der Waals surface area contributed by atoms with Crippen molar-refractivity contribution in [3.05, 3.63) is 41.7 Å². The number of carbonyl (C=O) groups excluding carboxylic acids is 3. The molecule has 0 unspecified atom stereocenters. The van der Waals surface area contributed by atoms with Crippen LogP contribution in [-0.4, -0.2) is 53.0 Å². The second-order valence-electron chi connectivity index (χ2n) is 6.67. The van der Waals surface area contributed by atoms with Crippen molar-refractivity contribution in [2.45, 2.75) is 24.7 Å². The number of esters is 3. The van der Waals surface area contributed by atoms with Gasteiger partial charge in [0.25, 0.3) is 0 Å². The molecule has 9 nitrogen and oxygen atoms in total. The van der Waals surface area contributed by atoms with Crippen LogP contribution >= 0.6 is 0 Å². The highest BCUT2D eigenvalue weighted by atomic mass is 16.6. The molecule has 5 atom stereocenters. The highest BCUT2D eigenvalue weighted by Gasteiger charge is 2.65. The molecule has 0 radical (unpaired) electrons. The van der Waals surface area contributed by atoms with Crippen molar-refractivity contribution in [3.63, 3.8) is 0 Å². The maximum Gasteiger partial charge on any atom is 0.338 e. The van der Waals surface area contributed by atoms with Gasteiger partial charge < -0.3 is 30.2 Å². The molecule has 0 amide bonds. The molecule has 0 spiro atoms. The first-order valence-corrected chi connectivity index (χ1v) is 8.14. The first-order valence-electron chi connectivity index (χ1n) is 8.14. The topological polar surface area (TPSA) is 145 Å². The van der Waals surface area contributed by atoms with Crippen LogP contribution in [0.15, 0.2) is 36.1 Å². The van der Waals surface area contributed by atoms with E-state index in [0.717, 1.165) is 13.4 Å². The first-order chi connectivity index (χ1) is 12.7. The van der Waals surface area contributed by atoms with Gasteiger partial charge in [-0.05, 0) is 31.2 Å². The third-order valence-electron chi connectivity index (χ3n) is 4.96. The smallest absolute Gasteiger partial charge is 0.338 e.